The third-order valence-corrected chi connectivity index (χ3v) is 3.87. The maximum atomic E-state index is 13.4. The molecule has 0 spiro atoms. The zero-order valence-electron chi connectivity index (χ0n) is 11.0. The second kappa shape index (κ2) is 5.83. The van der Waals surface area contributed by atoms with Gasteiger partial charge in [-0.2, -0.15) is 0 Å². The van der Waals surface area contributed by atoms with Crippen LogP contribution >= 0.6 is 11.6 Å². The summed E-state index contributed by atoms with van der Waals surface area (Å²) in [5, 5.41) is 3.40. The first-order chi connectivity index (χ1) is 7.89. The van der Waals surface area contributed by atoms with E-state index in [1.54, 1.807) is 12.1 Å². The van der Waals surface area contributed by atoms with Crippen molar-refractivity contribution in [1.29, 1.82) is 0 Å². The highest BCUT2D eigenvalue weighted by Gasteiger charge is 2.28. The molecule has 0 saturated carbocycles. The first-order valence-electron chi connectivity index (χ1n) is 5.97. The van der Waals surface area contributed by atoms with Crippen LogP contribution in [0.5, 0.6) is 0 Å². The number of hydrogen-bond acceptors (Lipinski definition) is 1. The lowest BCUT2D eigenvalue weighted by Crippen LogP contribution is -2.36. The van der Waals surface area contributed by atoms with Crippen LogP contribution in [0.25, 0.3) is 0 Å². The van der Waals surface area contributed by atoms with Crippen LogP contribution in [0.1, 0.15) is 26.3 Å². The van der Waals surface area contributed by atoms with Gasteiger partial charge in [0.1, 0.15) is 5.82 Å². The molecular weight excluding hydrogens is 237 g/mol. The lowest BCUT2D eigenvalue weighted by molar-refractivity contribution is 0.212. The summed E-state index contributed by atoms with van der Waals surface area (Å²) in [5.41, 5.74) is 1.12. The van der Waals surface area contributed by atoms with E-state index in [1.165, 1.54) is 0 Å². The molecule has 0 aliphatic heterocycles. The van der Waals surface area contributed by atoms with Crippen molar-refractivity contribution in [1.82, 2.24) is 5.32 Å². The van der Waals surface area contributed by atoms with Gasteiger partial charge in [-0.05, 0) is 42.5 Å². The molecule has 1 rings (SSSR count). The summed E-state index contributed by atoms with van der Waals surface area (Å²) in [6.07, 6.45) is 0.847. The Hall–Kier alpha value is -0.600. The molecule has 0 aliphatic rings. The summed E-state index contributed by atoms with van der Waals surface area (Å²) in [6, 6.07) is 5.08. The van der Waals surface area contributed by atoms with Crippen LogP contribution in [-0.2, 0) is 6.42 Å². The molecule has 1 unspecified atom stereocenters. The van der Waals surface area contributed by atoms with Crippen molar-refractivity contribution in [3.63, 3.8) is 0 Å². The summed E-state index contributed by atoms with van der Waals surface area (Å²) < 4.78 is 13.4. The van der Waals surface area contributed by atoms with Crippen LogP contribution in [0.4, 0.5) is 4.39 Å². The molecule has 3 heteroatoms. The van der Waals surface area contributed by atoms with E-state index in [2.05, 4.69) is 26.1 Å². The lowest BCUT2D eigenvalue weighted by atomic mass is 9.74. The third kappa shape index (κ3) is 3.68. The van der Waals surface area contributed by atoms with E-state index in [9.17, 15) is 4.39 Å². The number of halogens is 2. The minimum Gasteiger partial charge on any atom is -0.319 e. The van der Waals surface area contributed by atoms with Crippen LogP contribution in [0.15, 0.2) is 18.2 Å². The molecule has 1 atom stereocenters. The van der Waals surface area contributed by atoms with Gasteiger partial charge in [-0.1, -0.05) is 38.4 Å². The highest BCUT2D eigenvalue weighted by molar-refractivity contribution is 6.30. The topological polar surface area (TPSA) is 12.0 Å². The molecule has 0 amide bonds. The number of hydrogen-bond donors (Lipinski definition) is 1. The van der Waals surface area contributed by atoms with Gasteiger partial charge in [0.15, 0.2) is 0 Å². The largest absolute Gasteiger partial charge is 0.319 e. The Morgan fingerprint density at radius 3 is 2.53 bits per heavy atom. The van der Waals surface area contributed by atoms with Gasteiger partial charge in [-0.25, -0.2) is 4.39 Å². The fourth-order valence-electron chi connectivity index (χ4n) is 1.99. The average molecular weight is 258 g/mol. The smallest absolute Gasteiger partial charge is 0.142 e. The van der Waals surface area contributed by atoms with Crippen LogP contribution < -0.4 is 5.32 Å². The summed E-state index contributed by atoms with van der Waals surface area (Å²) in [4.78, 5) is 0. The molecule has 17 heavy (non-hydrogen) atoms. The fraction of sp³-hybridized carbons (Fsp3) is 0.571. The molecule has 0 saturated heterocycles. The van der Waals surface area contributed by atoms with Crippen LogP contribution in [-0.4, -0.2) is 13.6 Å². The number of benzene rings is 1. The molecule has 1 aromatic rings. The molecule has 0 aliphatic carbocycles. The number of rotatable bonds is 5. The minimum atomic E-state index is -0.334. The van der Waals surface area contributed by atoms with Gasteiger partial charge in [0.25, 0.3) is 0 Å². The molecule has 1 N–H and O–H groups in total. The zero-order valence-corrected chi connectivity index (χ0v) is 11.7. The molecule has 1 aromatic carbocycles. The third-order valence-electron chi connectivity index (χ3n) is 3.57. The Labute approximate surface area is 108 Å². The summed E-state index contributed by atoms with van der Waals surface area (Å²) in [6.45, 7) is 7.53. The Morgan fingerprint density at radius 1 is 1.41 bits per heavy atom. The quantitative estimate of drug-likeness (QED) is 0.844. The maximum Gasteiger partial charge on any atom is 0.142 e. The lowest BCUT2D eigenvalue weighted by Gasteiger charge is -2.34. The molecule has 1 nitrogen and oxygen atoms in total. The van der Waals surface area contributed by atoms with E-state index in [4.69, 9.17) is 11.6 Å². The highest BCUT2D eigenvalue weighted by atomic mass is 35.5. The summed E-state index contributed by atoms with van der Waals surface area (Å²) in [5.74, 6) is 0.188. The first-order valence-corrected chi connectivity index (χ1v) is 6.35. The predicted molar refractivity (Wildman–Crippen MR) is 72.0 cm³/mol. The van der Waals surface area contributed by atoms with Crippen molar-refractivity contribution in [3.8, 4) is 0 Å². The Balaban J connectivity index is 2.90. The van der Waals surface area contributed by atoms with Crippen LogP contribution in [0.3, 0.4) is 0 Å². The molecule has 96 valence electrons. The molecule has 0 fully saturated rings. The van der Waals surface area contributed by atoms with Gasteiger partial charge in [-0.3, -0.25) is 0 Å². The first kappa shape index (κ1) is 14.5. The van der Waals surface area contributed by atoms with Crippen molar-refractivity contribution in [2.75, 3.05) is 13.6 Å². The highest BCUT2D eigenvalue weighted by Crippen LogP contribution is 2.31. The Morgan fingerprint density at radius 2 is 2.06 bits per heavy atom. The van der Waals surface area contributed by atoms with E-state index < -0.39 is 0 Å². The normalized spacial score (nSPS) is 15.0. The van der Waals surface area contributed by atoms with Crippen molar-refractivity contribution in [2.45, 2.75) is 27.2 Å². The average Bonchev–Trinajstić information content (AvgIpc) is 2.23. The van der Waals surface area contributed by atoms with Crippen molar-refractivity contribution in [2.24, 2.45) is 11.3 Å². The number of nitrogens with one attached hydrogen (secondary N) is 1. The second-order valence-electron chi connectivity index (χ2n) is 5.26. The van der Waals surface area contributed by atoms with E-state index >= 15 is 0 Å². The van der Waals surface area contributed by atoms with Gasteiger partial charge in [0.2, 0.25) is 0 Å². The van der Waals surface area contributed by atoms with Crippen molar-refractivity contribution in [3.05, 3.63) is 34.6 Å². The molecular formula is C14H21ClFN. The second-order valence-corrected chi connectivity index (χ2v) is 5.67. The zero-order chi connectivity index (χ0) is 13.1. The molecule has 0 radical (unpaired) electrons. The van der Waals surface area contributed by atoms with E-state index in [0.29, 0.717) is 5.92 Å². The summed E-state index contributed by atoms with van der Waals surface area (Å²) >= 11 is 5.69. The van der Waals surface area contributed by atoms with Gasteiger partial charge in [0.05, 0.1) is 5.02 Å². The van der Waals surface area contributed by atoms with E-state index in [1.807, 2.05) is 13.1 Å². The van der Waals surface area contributed by atoms with Crippen LogP contribution in [0, 0.1) is 17.2 Å². The van der Waals surface area contributed by atoms with Gasteiger partial charge < -0.3 is 5.32 Å². The van der Waals surface area contributed by atoms with E-state index in [-0.39, 0.29) is 16.3 Å². The minimum absolute atomic E-state index is 0.120. The van der Waals surface area contributed by atoms with E-state index in [0.717, 1.165) is 18.5 Å². The molecule has 0 bridgehead atoms. The maximum absolute atomic E-state index is 13.4. The fourth-order valence-corrected chi connectivity index (χ4v) is 2.11. The predicted octanol–water partition coefficient (Wildman–Crippen LogP) is 3.90. The van der Waals surface area contributed by atoms with Crippen LogP contribution in [0.2, 0.25) is 5.02 Å². The Kier molecular flexibility index (Phi) is 4.96. The SMILES string of the molecule is CNCC(C)(Cc1ccc(Cl)c(F)c1)C(C)C. The Bertz CT molecular complexity index is 378. The van der Waals surface area contributed by atoms with Gasteiger partial charge in [0, 0.05) is 6.54 Å². The van der Waals surface area contributed by atoms with Crippen molar-refractivity contribution >= 4 is 11.6 Å². The van der Waals surface area contributed by atoms with Crippen molar-refractivity contribution < 1.29 is 4.39 Å². The monoisotopic (exact) mass is 257 g/mol. The standard InChI is InChI=1S/C14H21ClFN/c1-10(2)14(3,9-17-4)8-11-5-6-12(15)13(16)7-11/h5-7,10,17H,8-9H2,1-4H3. The van der Waals surface area contributed by atoms with Gasteiger partial charge in [-0.15, -0.1) is 0 Å². The molecule has 0 heterocycles. The van der Waals surface area contributed by atoms with Gasteiger partial charge >= 0.3 is 0 Å². The molecule has 0 aromatic heterocycles. The summed E-state index contributed by atoms with van der Waals surface area (Å²) in [7, 11) is 1.95.